The van der Waals surface area contributed by atoms with Crippen molar-refractivity contribution in [1.29, 1.82) is 0 Å². The summed E-state index contributed by atoms with van der Waals surface area (Å²) < 4.78 is 22.2. The summed E-state index contributed by atoms with van der Waals surface area (Å²) in [6.45, 7) is 2.84. The van der Waals surface area contributed by atoms with Gasteiger partial charge in [0.15, 0.2) is 0 Å². The molecule has 6 heteroatoms. The molecule has 0 saturated carbocycles. The fourth-order valence-corrected chi connectivity index (χ4v) is 2.92. The van der Waals surface area contributed by atoms with Crippen LogP contribution in [0, 0.1) is 0 Å². The zero-order valence-electron chi connectivity index (χ0n) is 13.0. The molecule has 0 radical (unpaired) electrons. The molecule has 0 bridgehead atoms. The van der Waals surface area contributed by atoms with Crippen LogP contribution in [0.3, 0.4) is 0 Å². The van der Waals surface area contributed by atoms with Crippen LogP contribution in [0.5, 0.6) is 0 Å². The van der Waals surface area contributed by atoms with E-state index in [1.165, 1.54) is 56.4 Å². The number of nitrogens with one attached hydrogen (secondary N) is 1. The lowest BCUT2D eigenvalue weighted by Crippen LogP contribution is -2.24. The summed E-state index contributed by atoms with van der Waals surface area (Å²) in [5.74, 6) is -0.190. The fraction of sp³-hybridized carbons (Fsp3) is 0.562. The van der Waals surface area contributed by atoms with Gasteiger partial charge in [-0.05, 0) is 30.7 Å². The Hall–Kier alpha value is -1.07. The molecule has 0 aliphatic carbocycles. The van der Waals surface area contributed by atoms with Gasteiger partial charge in [0.2, 0.25) is 0 Å². The van der Waals surface area contributed by atoms with Crippen LogP contribution in [0.25, 0.3) is 0 Å². The Balaban J connectivity index is 2.25. The van der Waals surface area contributed by atoms with E-state index in [-0.39, 0.29) is 10.8 Å². The number of benzene rings is 1. The number of halogens is 1. The molecule has 1 amide bonds. The molecule has 1 aromatic rings. The van der Waals surface area contributed by atoms with Crippen LogP contribution in [-0.4, -0.2) is 20.9 Å². The number of carbonyl (C=O) groups excluding carboxylic acids is 1. The third kappa shape index (κ3) is 7.27. The molecule has 1 N–H and O–H groups in total. The Morgan fingerprint density at radius 3 is 2.09 bits per heavy atom. The molecule has 124 valence electrons. The van der Waals surface area contributed by atoms with Gasteiger partial charge in [0.05, 0.1) is 4.90 Å². The minimum atomic E-state index is -3.74. The van der Waals surface area contributed by atoms with Crippen LogP contribution >= 0.6 is 10.7 Å². The van der Waals surface area contributed by atoms with Crippen LogP contribution in [0.2, 0.25) is 0 Å². The highest BCUT2D eigenvalue weighted by Gasteiger charge is 2.11. The molecule has 0 aliphatic heterocycles. The van der Waals surface area contributed by atoms with E-state index in [2.05, 4.69) is 12.2 Å². The summed E-state index contributed by atoms with van der Waals surface area (Å²) in [7, 11) is 1.49. The number of carbonyl (C=O) groups is 1. The van der Waals surface area contributed by atoms with Crippen LogP contribution in [-0.2, 0) is 9.05 Å². The Morgan fingerprint density at radius 2 is 1.55 bits per heavy atom. The van der Waals surface area contributed by atoms with E-state index in [1.54, 1.807) is 0 Å². The van der Waals surface area contributed by atoms with Crippen LogP contribution in [0.15, 0.2) is 29.2 Å². The molecule has 0 atom stereocenters. The molecular formula is C16H24ClNO3S. The highest BCUT2D eigenvalue weighted by Crippen LogP contribution is 2.15. The molecular weight excluding hydrogens is 322 g/mol. The highest BCUT2D eigenvalue weighted by atomic mass is 35.7. The molecule has 0 fully saturated rings. The van der Waals surface area contributed by atoms with Crippen LogP contribution < -0.4 is 5.32 Å². The normalized spacial score (nSPS) is 11.4. The van der Waals surface area contributed by atoms with Crippen molar-refractivity contribution in [3.63, 3.8) is 0 Å². The number of hydrogen-bond donors (Lipinski definition) is 1. The van der Waals surface area contributed by atoms with Crippen molar-refractivity contribution in [2.24, 2.45) is 0 Å². The molecule has 0 spiro atoms. The molecule has 22 heavy (non-hydrogen) atoms. The number of rotatable bonds is 10. The van der Waals surface area contributed by atoms with Gasteiger partial charge in [0.25, 0.3) is 15.0 Å². The van der Waals surface area contributed by atoms with E-state index in [0.717, 1.165) is 12.8 Å². The van der Waals surface area contributed by atoms with Crippen molar-refractivity contribution in [2.75, 3.05) is 6.54 Å². The van der Waals surface area contributed by atoms with Gasteiger partial charge in [-0.15, -0.1) is 0 Å². The zero-order chi connectivity index (χ0) is 16.4. The zero-order valence-corrected chi connectivity index (χ0v) is 14.5. The summed E-state index contributed by atoms with van der Waals surface area (Å²) in [6.07, 6.45) is 8.39. The standard InChI is InChI=1S/C16H24ClNO3S/c1-2-3-4-5-6-7-8-13-18-16(19)14-9-11-15(12-10-14)22(17,20)21/h9-12H,2-8,13H2,1H3,(H,18,19). The van der Waals surface area contributed by atoms with Gasteiger partial charge < -0.3 is 5.32 Å². The predicted octanol–water partition coefficient (Wildman–Crippen LogP) is 4.09. The lowest BCUT2D eigenvalue weighted by molar-refractivity contribution is 0.0953. The van der Waals surface area contributed by atoms with Crippen molar-refractivity contribution in [1.82, 2.24) is 5.32 Å². The monoisotopic (exact) mass is 345 g/mol. The van der Waals surface area contributed by atoms with E-state index >= 15 is 0 Å². The first-order valence-corrected chi connectivity index (χ1v) is 10.1. The minimum Gasteiger partial charge on any atom is -0.352 e. The fourth-order valence-electron chi connectivity index (χ4n) is 2.15. The smallest absolute Gasteiger partial charge is 0.261 e. The molecule has 1 rings (SSSR count). The van der Waals surface area contributed by atoms with E-state index in [1.807, 2.05) is 0 Å². The SMILES string of the molecule is CCCCCCCCCNC(=O)c1ccc(S(=O)(=O)Cl)cc1. The van der Waals surface area contributed by atoms with Gasteiger partial charge >= 0.3 is 0 Å². The third-order valence-electron chi connectivity index (χ3n) is 3.46. The van der Waals surface area contributed by atoms with Crippen molar-refractivity contribution < 1.29 is 13.2 Å². The largest absolute Gasteiger partial charge is 0.352 e. The van der Waals surface area contributed by atoms with Crippen molar-refractivity contribution in [2.45, 2.75) is 56.8 Å². The molecule has 0 unspecified atom stereocenters. The summed E-state index contributed by atoms with van der Waals surface area (Å²) in [4.78, 5) is 11.9. The number of amides is 1. The van der Waals surface area contributed by atoms with Gasteiger partial charge in [0.1, 0.15) is 0 Å². The molecule has 0 saturated heterocycles. The van der Waals surface area contributed by atoms with Gasteiger partial charge in [-0.2, -0.15) is 0 Å². The van der Waals surface area contributed by atoms with Crippen LogP contribution in [0.1, 0.15) is 62.2 Å². The topological polar surface area (TPSA) is 63.2 Å². The third-order valence-corrected chi connectivity index (χ3v) is 4.83. The van der Waals surface area contributed by atoms with E-state index in [9.17, 15) is 13.2 Å². The maximum absolute atomic E-state index is 11.9. The molecule has 0 aromatic heterocycles. The van der Waals surface area contributed by atoms with Crippen molar-refractivity contribution in [3.05, 3.63) is 29.8 Å². The van der Waals surface area contributed by atoms with Gasteiger partial charge in [-0.3, -0.25) is 4.79 Å². The summed E-state index contributed by atoms with van der Waals surface area (Å²) in [6, 6.07) is 5.61. The summed E-state index contributed by atoms with van der Waals surface area (Å²) in [5.41, 5.74) is 0.437. The Bertz CT molecular complexity index is 555. The van der Waals surface area contributed by atoms with E-state index in [0.29, 0.717) is 12.1 Å². The highest BCUT2D eigenvalue weighted by molar-refractivity contribution is 8.13. The first kappa shape index (κ1) is 19.0. The Labute approximate surface area is 137 Å². The number of unbranched alkanes of at least 4 members (excludes halogenated alkanes) is 6. The van der Waals surface area contributed by atoms with Crippen molar-refractivity contribution >= 4 is 25.6 Å². The second-order valence-corrected chi connectivity index (χ2v) is 7.91. The van der Waals surface area contributed by atoms with Crippen molar-refractivity contribution in [3.8, 4) is 0 Å². The molecule has 4 nitrogen and oxygen atoms in total. The quantitative estimate of drug-likeness (QED) is 0.513. The molecule has 1 aromatic carbocycles. The summed E-state index contributed by atoms with van der Waals surface area (Å²) in [5, 5.41) is 2.84. The Morgan fingerprint density at radius 1 is 1.00 bits per heavy atom. The second-order valence-electron chi connectivity index (χ2n) is 5.34. The predicted molar refractivity (Wildman–Crippen MR) is 89.8 cm³/mol. The maximum atomic E-state index is 11.9. The van der Waals surface area contributed by atoms with E-state index in [4.69, 9.17) is 10.7 Å². The average Bonchev–Trinajstić information content (AvgIpc) is 2.49. The van der Waals surface area contributed by atoms with Gasteiger partial charge in [-0.1, -0.05) is 45.4 Å². The summed E-state index contributed by atoms with van der Waals surface area (Å²) >= 11 is 0. The lowest BCUT2D eigenvalue weighted by Gasteiger charge is -2.06. The van der Waals surface area contributed by atoms with Gasteiger partial charge in [-0.25, -0.2) is 8.42 Å². The minimum absolute atomic E-state index is 0.00204. The van der Waals surface area contributed by atoms with Gasteiger partial charge in [0, 0.05) is 22.8 Å². The Kier molecular flexibility index (Phi) is 8.49. The number of hydrogen-bond acceptors (Lipinski definition) is 3. The molecule has 0 aliphatic rings. The second kappa shape index (κ2) is 9.85. The first-order chi connectivity index (χ1) is 10.4. The maximum Gasteiger partial charge on any atom is 0.261 e. The first-order valence-electron chi connectivity index (χ1n) is 7.78. The van der Waals surface area contributed by atoms with E-state index < -0.39 is 9.05 Å². The van der Waals surface area contributed by atoms with Crippen LogP contribution in [0.4, 0.5) is 0 Å². The lowest BCUT2D eigenvalue weighted by atomic mass is 10.1. The average molecular weight is 346 g/mol. The molecule has 0 heterocycles.